The lowest BCUT2D eigenvalue weighted by atomic mass is 9.99. The van der Waals surface area contributed by atoms with Crippen LogP contribution in [-0.2, 0) is 22.6 Å². The van der Waals surface area contributed by atoms with Gasteiger partial charge >= 0.3 is 0 Å². The molecule has 0 atom stereocenters. The highest BCUT2D eigenvalue weighted by Gasteiger charge is 2.37. The molecule has 2 aromatic rings. The molecule has 0 bridgehead atoms. The number of methoxy groups -OCH3 is 1. The quantitative estimate of drug-likeness (QED) is 0.330. The summed E-state index contributed by atoms with van der Waals surface area (Å²) >= 11 is 0.846. The van der Waals surface area contributed by atoms with Crippen LogP contribution in [0.3, 0.4) is 0 Å². The molecule has 37 heavy (non-hydrogen) atoms. The van der Waals surface area contributed by atoms with Crippen molar-refractivity contribution in [2.75, 3.05) is 26.7 Å². The molecule has 0 radical (unpaired) electrons. The molecular formula is C29H32N2O5S. The first-order valence-electron chi connectivity index (χ1n) is 12.4. The molecule has 0 N–H and O–H groups in total. The van der Waals surface area contributed by atoms with Crippen molar-refractivity contribution in [2.24, 2.45) is 5.92 Å². The molecule has 8 heteroatoms. The number of piperidine rings is 1. The summed E-state index contributed by atoms with van der Waals surface area (Å²) in [5.74, 6) is 1.07. The van der Waals surface area contributed by atoms with E-state index in [1.807, 2.05) is 36.4 Å². The third-order valence-electron chi connectivity index (χ3n) is 6.57. The maximum absolute atomic E-state index is 13.1. The van der Waals surface area contributed by atoms with Crippen LogP contribution in [0.15, 0.2) is 60.0 Å². The lowest BCUT2D eigenvalue weighted by molar-refractivity contribution is -0.136. The molecule has 0 saturated carbocycles. The van der Waals surface area contributed by atoms with E-state index >= 15 is 0 Å². The Morgan fingerprint density at radius 3 is 2.57 bits per heavy atom. The number of nitrogens with zero attached hydrogens (tertiary/aromatic N) is 2. The van der Waals surface area contributed by atoms with Gasteiger partial charge in [-0.15, -0.1) is 6.58 Å². The fourth-order valence-electron chi connectivity index (χ4n) is 4.40. The predicted octanol–water partition coefficient (Wildman–Crippen LogP) is 5.30. The molecular weight excluding hydrogens is 488 g/mol. The van der Waals surface area contributed by atoms with Gasteiger partial charge in [0.05, 0.1) is 12.0 Å². The first-order valence-corrected chi connectivity index (χ1v) is 13.2. The minimum atomic E-state index is -0.456. The van der Waals surface area contributed by atoms with Crippen LogP contribution < -0.4 is 9.47 Å². The molecule has 0 aromatic heterocycles. The highest BCUT2D eigenvalue weighted by molar-refractivity contribution is 8.18. The number of hydrogen-bond acceptors (Lipinski definition) is 6. The number of amides is 3. The van der Waals surface area contributed by atoms with E-state index in [0.717, 1.165) is 40.6 Å². The van der Waals surface area contributed by atoms with Crippen LogP contribution in [0.2, 0.25) is 0 Å². The zero-order chi connectivity index (χ0) is 26.4. The van der Waals surface area contributed by atoms with Crippen molar-refractivity contribution in [1.29, 1.82) is 0 Å². The zero-order valence-corrected chi connectivity index (χ0v) is 22.1. The van der Waals surface area contributed by atoms with Gasteiger partial charge in [0.15, 0.2) is 11.5 Å². The lowest BCUT2D eigenvalue weighted by Gasteiger charge is -2.31. The van der Waals surface area contributed by atoms with Gasteiger partial charge in [-0.25, -0.2) is 0 Å². The fourth-order valence-corrected chi connectivity index (χ4v) is 5.24. The summed E-state index contributed by atoms with van der Waals surface area (Å²) < 4.78 is 11.7. The number of rotatable bonds is 9. The topological polar surface area (TPSA) is 76.2 Å². The Morgan fingerprint density at radius 1 is 1.16 bits per heavy atom. The van der Waals surface area contributed by atoms with Gasteiger partial charge in [0.2, 0.25) is 5.91 Å². The first-order chi connectivity index (χ1) is 17.9. The van der Waals surface area contributed by atoms with Gasteiger partial charge in [0.1, 0.15) is 13.2 Å². The number of carbonyl (C=O) groups excluding carboxylic acids is 3. The van der Waals surface area contributed by atoms with Gasteiger partial charge in [-0.2, -0.15) is 0 Å². The van der Waals surface area contributed by atoms with Gasteiger partial charge in [-0.05, 0) is 66.3 Å². The smallest absolute Gasteiger partial charge is 0.294 e. The van der Waals surface area contributed by atoms with Crippen LogP contribution in [0.25, 0.3) is 6.08 Å². The number of allylic oxidation sites excluding steroid dienone is 1. The van der Waals surface area contributed by atoms with Gasteiger partial charge in [-0.3, -0.25) is 19.3 Å². The first kappa shape index (κ1) is 26.5. The van der Waals surface area contributed by atoms with Crippen LogP contribution >= 0.6 is 11.8 Å². The fraction of sp³-hybridized carbons (Fsp3) is 0.345. The second kappa shape index (κ2) is 12.1. The molecule has 4 rings (SSSR count). The van der Waals surface area contributed by atoms with Gasteiger partial charge < -0.3 is 14.4 Å². The maximum atomic E-state index is 13.1. The number of ether oxygens (including phenoxy) is 2. The van der Waals surface area contributed by atoms with Crippen molar-refractivity contribution >= 4 is 34.9 Å². The highest BCUT2D eigenvalue weighted by atomic mass is 32.2. The van der Waals surface area contributed by atoms with E-state index in [1.54, 1.807) is 30.2 Å². The monoisotopic (exact) mass is 520 g/mol. The maximum Gasteiger partial charge on any atom is 0.294 e. The van der Waals surface area contributed by atoms with E-state index in [2.05, 4.69) is 13.5 Å². The van der Waals surface area contributed by atoms with Gasteiger partial charge in [0, 0.05) is 18.7 Å². The Labute approximate surface area is 222 Å². The molecule has 3 amide bonds. The lowest BCUT2D eigenvalue weighted by Crippen LogP contribution is -2.45. The Bertz CT molecular complexity index is 1200. The summed E-state index contributed by atoms with van der Waals surface area (Å²) in [7, 11) is 1.56. The Kier molecular flexibility index (Phi) is 8.71. The number of carbonyl (C=O) groups is 3. The molecule has 7 nitrogen and oxygen atoms in total. The van der Waals surface area contributed by atoms with Crippen LogP contribution in [-0.4, -0.2) is 53.6 Å². The van der Waals surface area contributed by atoms with E-state index < -0.39 is 11.1 Å². The molecule has 0 unspecified atom stereocenters. The number of hydrogen-bond donors (Lipinski definition) is 0. The molecule has 2 aromatic carbocycles. The Balaban J connectivity index is 1.52. The number of benzene rings is 2. The van der Waals surface area contributed by atoms with E-state index in [4.69, 9.17) is 9.47 Å². The van der Waals surface area contributed by atoms with Crippen LogP contribution in [0.5, 0.6) is 11.5 Å². The van der Waals surface area contributed by atoms with Crippen LogP contribution in [0.1, 0.15) is 36.5 Å². The zero-order valence-electron chi connectivity index (χ0n) is 21.3. The second-order valence-electron chi connectivity index (χ2n) is 9.31. The SMILES string of the molecule is C=CCc1cc(/C=C2\SC(=O)N(CC(=O)N3CCC(C)CC3)C2=O)cc(OC)c1OCc1ccccc1. The summed E-state index contributed by atoms with van der Waals surface area (Å²) in [6.45, 7) is 7.49. The molecule has 2 fully saturated rings. The van der Waals surface area contributed by atoms with Crippen molar-refractivity contribution < 1.29 is 23.9 Å². The second-order valence-corrected chi connectivity index (χ2v) is 10.3. The van der Waals surface area contributed by atoms with E-state index in [9.17, 15) is 14.4 Å². The molecule has 2 saturated heterocycles. The molecule has 2 aliphatic heterocycles. The molecule has 0 spiro atoms. The minimum Gasteiger partial charge on any atom is -0.493 e. The third-order valence-corrected chi connectivity index (χ3v) is 7.47. The largest absolute Gasteiger partial charge is 0.493 e. The molecule has 2 aliphatic rings. The van der Waals surface area contributed by atoms with E-state index in [-0.39, 0.29) is 17.4 Å². The number of thioether (sulfide) groups is 1. The summed E-state index contributed by atoms with van der Waals surface area (Å²) in [5.41, 5.74) is 2.58. The van der Waals surface area contributed by atoms with Crippen molar-refractivity contribution in [3.8, 4) is 11.5 Å². The summed E-state index contributed by atoms with van der Waals surface area (Å²) in [4.78, 5) is 41.5. The average molecular weight is 521 g/mol. The highest BCUT2D eigenvalue weighted by Crippen LogP contribution is 2.37. The normalized spacial score (nSPS) is 17.4. The van der Waals surface area contributed by atoms with Crippen molar-refractivity contribution in [2.45, 2.75) is 32.8 Å². The van der Waals surface area contributed by atoms with Gasteiger partial charge in [0.25, 0.3) is 11.1 Å². The van der Waals surface area contributed by atoms with E-state index in [0.29, 0.717) is 49.1 Å². The van der Waals surface area contributed by atoms with Crippen molar-refractivity contribution in [3.63, 3.8) is 0 Å². The average Bonchev–Trinajstić information content (AvgIpc) is 3.16. The summed E-state index contributed by atoms with van der Waals surface area (Å²) in [6, 6.07) is 13.5. The van der Waals surface area contributed by atoms with Crippen molar-refractivity contribution in [1.82, 2.24) is 9.80 Å². The minimum absolute atomic E-state index is 0.190. The molecule has 0 aliphatic carbocycles. The molecule has 2 heterocycles. The van der Waals surface area contributed by atoms with Gasteiger partial charge in [-0.1, -0.05) is 43.3 Å². The molecule has 194 valence electrons. The Hall–Kier alpha value is -3.52. The summed E-state index contributed by atoms with van der Waals surface area (Å²) in [5, 5.41) is -0.434. The third kappa shape index (κ3) is 6.43. The standard InChI is InChI=1S/C29H32N2O5S/c1-4-8-23-15-22(16-24(35-3)27(23)36-19-21-9-6-5-7-10-21)17-25-28(33)31(29(34)37-25)18-26(32)30-13-11-20(2)12-14-30/h4-7,9-10,15-17,20H,1,8,11-14,18-19H2,2-3H3/b25-17-. The number of imide groups is 1. The Morgan fingerprint density at radius 2 is 1.89 bits per heavy atom. The van der Waals surface area contributed by atoms with E-state index in [1.165, 1.54) is 0 Å². The van der Waals surface area contributed by atoms with Crippen LogP contribution in [0, 0.1) is 5.92 Å². The van der Waals surface area contributed by atoms with Crippen molar-refractivity contribution in [3.05, 3.63) is 76.7 Å². The summed E-state index contributed by atoms with van der Waals surface area (Å²) in [6.07, 6.45) is 5.84. The van der Waals surface area contributed by atoms with Crippen LogP contribution in [0.4, 0.5) is 4.79 Å². The number of likely N-dealkylation sites (tertiary alicyclic amines) is 1. The predicted molar refractivity (Wildman–Crippen MR) is 145 cm³/mol.